The minimum absolute atomic E-state index is 1.32. The van der Waals surface area contributed by atoms with Crippen LogP contribution in [0.15, 0.2) is 0 Å². The summed E-state index contributed by atoms with van der Waals surface area (Å²) in [6, 6.07) is 0. The molecule has 0 aliphatic carbocycles. The second-order valence-electron chi connectivity index (χ2n) is 8.75. The molecule has 3 aromatic rings. The van der Waals surface area contributed by atoms with E-state index in [4.69, 9.17) is 0 Å². The van der Waals surface area contributed by atoms with Gasteiger partial charge in [0.05, 0.1) is 0 Å². The molecule has 17 heteroatoms. The van der Waals surface area contributed by atoms with E-state index in [0.717, 1.165) is 0 Å². The van der Waals surface area contributed by atoms with Gasteiger partial charge in [-0.2, -0.15) is 0 Å². The zero-order valence-corrected chi connectivity index (χ0v) is 20.2. The van der Waals surface area contributed by atoms with Gasteiger partial charge in [-0.05, 0) is 33.0 Å². The third-order valence-electron chi connectivity index (χ3n) is 6.18. The van der Waals surface area contributed by atoms with Crippen molar-refractivity contribution in [2.75, 3.05) is 20.1 Å². The molecule has 0 saturated carbocycles. The summed E-state index contributed by atoms with van der Waals surface area (Å²) < 4.78 is 209. The molecule has 222 valence electrons. The molecule has 0 amide bonds. The third kappa shape index (κ3) is 5.59. The van der Waals surface area contributed by atoms with Gasteiger partial charge in [-0.15, -0.1) is 0 Å². The fourth-order valence-electron chi connectivity index (χ4n) is 4.11. The van der Waals surface area contributed by atoms with Gasteiger partial charge in [0.1, 0.15) is 0 Å². The van der Waals surface area contributed by atoms with Crippen molar-refractivity contribution in [2.24, 2.45) is 0 Å². The van der Waals surface area contributed by atoms with Crippen molar-refractivity contribution in [3.8, 4) is 0 Å². The molecule has 1 aliphatic rings. The molecule has 1 saturated heterocycles. The van der Waals surface area contributed by atoms with E-state index in [1.54, 1.807) is 0 Å². The lowest BCUT2D eigenvalue weighted by Crippen LogP contribution is -2.60. The van der Waals surface area contributed by atoms with Gasteiger partial charge < -0.3 is 4.90 Å². The highest BCUT2D eigenvalue weighted by atomic mass is 19.2. The Balaban J connectivity index is 0.000000575. The Kier molecular flexibility index (Phi) is 9.60. The normalized spacial score (nSPS) is 13.8. The van der Waals surface area contributed by atoms with Crippen molar-refractivity contribution in [2.45, 2.75) is 19.3 Å². The van der Waals surface area contributed by atoms with Crippen LogP contribution in [0.1, 0.15) is 19.3 Å². The Morgan fingerprint density at radius 2 is 0.537 bits per heavy atom. The van der Waals surface area contributed by atoms with Gasteiger partial charge in [-0.3, -0.25) is 0 Å². The number of halogens is 15. The first-order valence-corrected chi connectivity index (χ1v) is 11.3. The average molecular weight is 611 g/mol. The monoisotopic (exact) mass is 611 g/mol. The number of benzene rings is 3. The molecule has 1 fully saturated rings. The van der Waals surface area contributed by atoms with Crippen LogP contribution in [-0.4, -0.2) is 31.7 Å². The standard InChI is InChI=1S/C18BF15.C6H13N/c20-4-1(5(21)11(27)16(32)10(4)26)19(2-6(22)12(28)17(33)13(29)7(2)23)3-8(24)14(30)18(34)15(31)9(3)25;1-7-5-3-2-4-6-7/h;2-6H2,1H3. The molecule has 1 heterocycles. The Bertz CT molecular complexity index is 1250. The van der Waals surface area contributed by atoms with E-state index in [2.05, 4.69) is 11.9 Å². The topological polar surface area (TPSA) is 3.24 Å². The van der Waals surface area contributed by atoms with Crippen LogP contribution < -0.4 is 16.4 Å². The summed E-state index contributed by atoms with van der Waals surface area (Å²) in [5.41, 5.74) is -8.03. The molecule has 0 bridgehead atoms. The van der Waals surface area contributed by atoms with Gasteiger partial charge in [0.15, 0.2) is 87.3 Å². The first-order valence-electron chi connectivity index (χ1n) is 11.3. The Labute approximate surface area is 221 Å². The number of hydrogen-bond acceptors (Lipinski definition) is 1. The van der Waals surface area contributed by atoms with Crippen LogP contribution in [0.5, 0.6) is 0 Å². The van der Waals surface area contributed by atoms with E-state index in [0.29, 0.717) is 0 Å². The van der Waals surface area contributed by atoms with Crippen LogP contribution >= 0.6 is 0 Å². The predicted octanol–water partition coefficient (Wildman–Crippen LogP) is 5.39. The largest absolute Gasteiger partial charge is 0.306 e. The van der Waals surface area contributed by atoms with Crippen LogP contribution in [0.4, 0.5) is 65.9 Å². The summed E-state index contributed by atoms with van der Waals surface area (Å²) in [7, 11) is 2.19. The van der Waals surface area contributed by atoms with E-state index in [1.165, 1.54) is 32.4 Å². The average Bonchev–Trinajstić information content (AvgIpc) is 2.95. The lowest BCUT2D eigenvalue weighted by atomic mass is 9.36. The number of likely N-dealkylation sites (tertiary alicyclic amines) is 1. The van der Waals surface area contributed by atoms with Crippen LogP contribution in [0.25, 0.3) is 0 Å². The number of hydrogen-bond donors (Lipinski definition) is 0. The van der Waals surface area contributed by atoms with Crippen LogP contribution in [0.2, 0.25) is 0 Å². The lowest BCUT2D eigenvalue weighted by Gasteiger charge is -2.21. The van der Waals surface area contributed by atoms with Gasteiger partial charge in [-0.25, -0.2) is 65.9 Å². The fourth-order valence-corrected chi connectivity index (χ4v) is 4.11. The Morgan fingerprint density at radius 3 is 0.707 bits per heavy atom. The molecule has 0 radical (unpaired) electrons. The summed E-state index contributed by atoms with van der Waals surface area (Å²) in [6.07, 6.45) is 4.28. The van der Waals surface area contributed by atoms with Gasteiger partial charge in [-0.1, -0.05) is 6.42 Å². The third-order valence-corrected chi connectivity index (χ3v) is 6.18. The molecular formula is C24H13BF15N. The quantitative estimate of drug-likeness (QED) is 0.166. The molecule has 1 aliphatic heterocycles. The minimum Gasteiger partial charge on any atom is -0.306 e. The molecule has 0 atom stereocenters. The molecule has 0 spiro atoms. The smallest absolute Gasteiger partial charge is 0.265 e. The zero-order valence-electron chi connectivity index (χ0n) is 20.2. The SMILES string of the molecule is CN1CCCCC1.Fc1c(F)c(F)c(B(c2c(F)c(F)c(F)c(F)c2F)c2c(F)c(F)c(F)c(F)c2F)c(F)c1F. The first-order chi connectivity index (χ1) is 19.1. The van der Waals surface area contributed by atoms with Crippen molar-refractivity contribution in [3.05, 3.63) is 87.3 Å². The van der Waals surface area contributed by atoms with E-state index < -0.39 is 110 Å². The van der Waals surface area contributed by atoms with Crippen LogP contribution in [-0.2, 0) is 0 Å². The fraction of sp³-hybridized carbons (Fsp3) is 0.250. The highest BCUT2D eigenvalue weighted by Gasteiger charge is 2.45. The van der Waals surface area contributed by atoms with Crippen molar-refractivity contribution in [1.82, 2.24) is 4.90 Å². The van der Waals surface area contributed by atoms with Gasteiger partial charge in [0.2, 0.25) is 0 Å². The predicted molar refractivity (Wildman–Crippen MR) is 115 cm³/mol. The highest BCUT2D eigenvalue weighted by Crippen LogP contribution is 2.23. The molecule has 0 N–H and O–H groups in total. The summed E-state index contributed by atoms with van der Waals surface area (Å²) in [5, 5.41) is 0. The number of rotatable bonds is 3. The molecule has 3 aromatic carbocycles. The maximum Gasteiger partial charge on any atom is 0.265 e. The summed E-state index contributed by atoms with van der Waals surface area (Å²) in [5.74, 6) is -45.2. The van der Waals surface area contributed by atoms with Crippen molar-refractivity contribution >= 4 is 23.1 Å². The van der Waals surface area contributed by atoms with Gasteiger partial charge in [0, 0.05) is 16.4 Å². The van der Waals surface area contributed by atoms with E-state index in [9.17, 15) is 65.9 Å². The minimum atomic E-state index is -3.96. The van der Waals surface area contributed by atoms with E-state index >= 15 is 0 Å². The molecule has 0 aromatic heterocycles. The maximum atomic E-state index is 14.4. The van der Waals surface area contributed by atoms with Crippen LogP contribution in [0.3, 0.4) is 0 Å². The summed E-state index contributed by atoms with van der Waals surface area (Å²) in [6.45, 7) is -1.32. The lowest BCUT2D eigenvalue weighted by molar-refractivity contribution is 0.277. The second-order valence-corrected chi connectivity index (χ2v) is 8.75. The highest BCUT2D eigenvalue weighted by molar-refractivity contribution is 6.95. The molecular weight excluding hydrogens is 598 g/mol. The van der Waals surface area contributed by atoms with Crippen molar-refractivity contribution in [3.63, 3.8) is 0 Å². The number of piperidine rings is 1. The van der Waals surface area contributed by atoms with E-state index in [1.807, 2.05) is 0 Å². The zero-order chi connectivity index (χ0) is 31.1. The van der Waals surface area contributed by atoms with Crippen LogP contribution in [0, 0.1) is 87.3 Å². The summed E-state index contributed by atoms with van der Waals surface area (Å²) >= 11 is 0. The molecule has 0 unspecified atom stereocenters. The molecule has 1 nitrogen and oxygen atoms in total. The van der Waals surface area contributed by atoms with Crippen molar-refractivity contribution < 1.29 is 65.9 Å². The second kappa shape index (κ2) is 12.2. The molecule has 4 rings (SSSR count). The van der Waals surface area contributed by atoms with Gasteiger partial charge in [0.25, 0.3) is 6.71 Å². The van der Waals surface area contributed by atoms with Gasteiger partial charge >= 0.3 is 0 Å². The Morgan fingerprint density at radius 1 is 0.341 bits per heavy atom. The molecule has 41 heavy (non-hydrogen) atoms. The number of nitrogens with zero attached hydrogens (tertiary/aromatic N) is 1. The maximum absolute atomic E-state index is 14.4. The first kappa shape index (κ1) is 32.2. The van der Waals surface area contributed by atoms with E-state index in [-0.39, 0.29) is 0 Å². The van der Waals surface area contributed by atoms with Crippen molar-refractivity contribution in [1.29, 1.82) is 0 Å². The Hall–Kier alpha value is -3.37. The summed E-state index contributed by atoms with van der Waals surface area (Å²) in [4.78, 5) is 2.39.